The number of carbonyl (C=O) groups is 1. The molecule has 1 aromatic carbocycles. The Hall–Kier alpha value is -1.09. The number of hydrogen-bond donors (Lipinski definition) is 1. The van der Waals surface area contributed by atoms with Crippen molar-refractivity contribution in [1.29, 1.82) is 0 Å². The molecule has 0 aliphatic heterocycles. The summed E-state index contributed by atoms with van der Waals surface area (Å²) in [6.07, 6.45) is 2.87. The normalized spacial score (nSPS) is 16.6. The van der Waals surface area contributed by atoms with Gasteiger partial charge in [-0.1, -0.05) is 24.6 Å². The largest absolute Gasteiger partial charge is 0.346 e. The number of rotatable bonds is 4. The van der Waals surface area contributed by atoms with E-state index in [0.29, 0.717) is 17.0 Å². The van der Waals surface area contributed by atoms with Crippen molar-refractivity contribution in [3.05, 3.63) is 34.6 Å². The SMILES string of the molecule is CCCC(=O)NC1(c2ccc(Cl)cc2F)CC1. The monoisotopic (exact) mass is 255 g/mol. The molecule has 0 bridgehead atoms. The van der Waals surface area contributed by atoms with E-state index in [2.05, 4.69) is 5.32 Å². The van der Waals surface area contributed by atoms with E-state index in [1.165, 1.54) is 6.07 Å². The lowest BCUT2D eigenvalue weighted by atomic mass is 10.0. The summed E-state index contributed by atoms with van der Waals surface area (Å²) in [5.41, 5.74) is 0.0624. The van der Waals surface area contributed by atoms with Gasteiger partial charge >= 0.3 is 0 Å². The van der Waals surface area contributed by atoms with Crippen LogP contribution in [0.3, 0.4) is 0 Å². The van der Waals surface area contributed by atoms with Gasteiger partial charge in [-0.15, -0.1) is 0 Å². The standard InChI is InChI=1S/C13H15ClFNO/c1-2-3-12(17)16-13(6-7-13)10-5-4-9(14)8-11(10)15/h4-5,8H,2-3,6-7H2,1H3,(H,16,17). The zero-order valence-corrected chi connectivity index (χ0v) is 10.5. The number of benzene rings is 1. The molecule has 17 heavy (non-hydrogen) atoms. The Bertz CT molecular complexity index is 443. The Morgan fingerprint density at radius 3 is 2.76 bits per heavy atom. The predicted octanol–water partition coefficient (Wildman–Crippen LogP) is 3.38. The van der Waals surface area contributed by atoms with Gasteiger partial charge < -0.3 is 5.32 Å². The van der Waals surface area contributed by atoms with Gasteiger partial charge in [0.2, 0.25) is 5.91 Å². The summed E-state index contributed by atoms with van der Waals surface area (Å²) in [5.74, 6) is -0.355. The van der Waals surface area contributed by atoms with Crippen LogP contribution < -0.4 is 5.32 Å². The first kappa shape index (κ1) is 12.4. The van der Waals surface area contributed by atoms with Crippen molar-refractivity contribution in [2.75, 3.05) is 0 Å². The highest BCUT2D eigenvalue weighted by atomic mass is 35.5. The maximum absolute atomic E-state index is 13.8. The molecule has 2 rings (SSSR count). The summed E-state index contributed by atoms with van der Waals surface area (Å²) in [6, 6.07) is 4.62. The number of nitrogens with one attached hydrogen (secondary N) is 1. The van der Waals surface area contributed by atoms with Crippen LogP contribution in [0.15, 0.2) is 18.2 Å². The minimum atomic E-state index is -0.485. The van der Waals surface area contributed by atoms with Crippen molar-refractivity contribution < 1.29 is 9.18 Å². The zero-order chi connectivity index (χ0) is 12.5. The van der Waals surface area contributed by atoms with Crippen molar-refractivity contribution in [2.45, 2.75) is 38.1 Å². The van der Waals surface area contributed by atoms with E-state index in [1.807, 2.05) is 6.92 Å². The van der Waals surface area contributed by atoms with E-state index in [-0.39, 0.29) is 11.7 Å². The average Bonchev–Trinajstić information content (AvgIpc) is 2.98. The molecule has 0 heterocycles. The van der Waals surface area contributed by atoms with Crippen LogP contribution in [-0.4, -0.2) is 5.91 Å². The Balaban J connectivity index is 2.18. The molecule has 1 amide bonds. The number of carbonyl (C=O) groups excluding carboxylic acids is 1. The van der Waals surface area contributed by atoms with E-state index in [9.17, 15) is 9.18 Å². The van der Waals surface area contributed by atoms with Crippen molar-refractivity contribution in [2.24, 2.45) is 0 Å². The Morgan fingerprint density at radius 2 is 2.24 bits per heavy atom. The van der Waals surface area contributed by atoms with Gasteiger partial charge in [0.15, 0.2) is 0 Å². The van der Waals surface area contributed by atoms with Gasteiger partial charge in [-0.2, -0.15) is 0 Å². The maximum atomic E-state index is 13.8. The minimum absolute atomic E-state index is 0.0145. The summed E-state index contributed by atoms with van der Waals surface area (Å²) in [4.78, 5) is 11.6. The third-order valence-electron chi connectivity index (χ3n) is 3.05. The Kier molecular flexibility index (Phi) is 3.38. The molecule has 0 unspecified atom stereocenters. The average molecular weight is 256 g/mol. The second-order valence-corrected chi connectivity index (χ2v) is 4.94. The molecule has 4 heteroatoms. The third kappa shape index (κ3) is 2.60. The molecular formula is C13H15ClFNO. The molecule has 92 valence electrons. The molecule has 0 aromatic heterocycles. The second kappa shape index (κ2) is 4.65. The fourth-order valence-corrected chi connectivity index (χ4v) is 2.18. The Morgan fingerprint density at radius 1 is 1.53 bits per heavy atom. The van der Waals surface area contributed by atoms with E-state index in [4.69, 9.17) is 11.6 Å². The van der Waals surface area contributed by atoms with Gasteiger partial charge in [0.1, 0.15) is 5.82 Å². The minimum Gasteiger partial charge on any atom is -0.346 e. The van der Waals surface area contributed by atoms with Crippen LogP contribution in [0.5, 0.6) is 0 Å². The van der Waals surface area contributed by atoms with Gasteiger partial charge in [0, 0.05) is 17.0 Å². The van der Waals surface area contributed by atoms with Crippen LogP contribution >= 0.6 is 11.6 Å². The van der Waals surface area contributed by atoms with Crippen molar-refractivity contribution in [1.82, 2.24) is 5.32 Å². The first-order valence-corrected chi connectivity index (χ1v) is 6.22. The van der Waals surface area contributed by atoms with Gasteiger partial charge in [-0.3, -0.25) is 4.79 Å². The molecule has 1 N–H and O–H groups in total. The van der Waals surface area contributed by atoms with Crippen LogP contribution in [0.1, 0.15) is 38.2 Å². The summed E-state index contributed by atoms with van der Waals surface area (Å²) < 4.78 is 13.8. The highest BCUT2D eigenvalue weighted by Crippen LogP contribution is 2.46. The van der Waals surface area contributed by atoms with E-state index < -0.39 is 5.54 Å². The van der Waals surface area contributed by atoms with Gasteiger partial charge in [0.05, 0.1) is 5.54 Å². The van der Waals surface area contributed by atoms with Gasteiger partial charge in [-0.25, -0.2) is 4.39 Å². The molecular weight excluding hydrogens is 241 g/mol. The predicted molar refractivity (Wildman–Crippen MR) is 65.4 cm³/mol. The Labute approximate surface area is 105 Å². The van der Waals surface area contributed by atoms with E-state index >= 15 is 0 Å². The van der Waals surface area contributed by atoms with E-state index in [0.717, 1.165) is 19.3 Å². The number of halogens is 2. The highest BCUT2D eigenvalue weighted by molar-refractivity contribution is 6.30. The molecule has 1 aliphatic carbocycles. The molecule has 0 saturated heterocycles. The molecule has 1 aromatic rings. The molecule has 1 saturated carbocycles. The first-order chi connectivity index (χ1) is 8.07. The fourth-order valence-electron chi connectivity index (χ4n) is 2.02. The van der Waals surface area contributed by atoms with Gasteiger partial charge in [0.25, 0.3) is 0 Å². The zero-order valence-electron chi connectivity index (χ0n) is 9.72. The van der Waals surface area contributed by atoms with Crippen LogP contribution in [0, 0.1) is 5.82 Å². The molecule has 2 nitrogen and oxygen atoms in total. The third-order valence-corrected chi connectivity index (χ3v) is 3.29. The molecule has 1 fully saturated rings. The second-order valence-electron chi connectivity index (χ2n) is 4.50. The molecule has 0 spiro atoms. The lowest BCUT2D eigenvalue weighted by Gasteiger charge is -2.18. The molecule has 0 radical (unpaired) electrons. The lowest BCUT2D eigenvalue weighted by Crippen LogP contribution is -2.35. The number of hydrogen-bond acceptors (Lipinski definition) is 1. The number of amides is 1. The summed E-state index contributed by atoms with van der Waals surface area (Å²) >= 11 is 5.72. The van der Waals surface area contributed by atoms with E-state index in [1.54, 1.807) is 12.1 Å². The smallest absolute Gasteiger partial charge is 0.220 e. The molecule has 1 aliphatic rings. The summed E-state index contributed by atoms with van der Waals surface area (Å²) in [6.45, 7) is 1.95. The lowest BCUT2D eigenvalue weighted by molar-refractivity contribution is -0.122. The summed E-state index contributed by atoms with van der Waals surface area (Å²) in [5, 5.41) is 3.30. The van der Waals surface area contributed by atoms with Crippen LogP contribution in [0.4, 0.5) is 4.39 Å². The van der Waals surface area contributed by atoms with Crippen LogP contribution in [0.25, 0.3) is 0 Å². The topological polar surface area (TPSA) is 29.1 Å². The van der Waals surface area contributed by atoms with Crippen LogP contribution in [0.2, 0.25) is 5.02 Å². The van der Waals surface area contributed by atoms with Crippen molar-refractivity contribution in [3.8, 4) is 0 Å². The van der Waals surface area contributed by atoms with Gasteiger partial charge in [-0.05, 0) is 31.4 Å². The molecule has 0 atom stereocenters. The maximum Gasteiger partial charge on any atom is 0.220 e. The first-order valence-electron chi connectivity index (χ1n) is 5.84. The van der Waals surface area contributed by atoms with Crippen LogP contribution in [-0.2, 0) is 10.3 Å². The summed E-state index contributed by atoms with van der Waals surface area (Å²) in [7, 11) is 0. The van der Waals surface area contributed by atoms with Crippen molar-refractivity contribution >= 4 is 17.5 Å². The highest BCUT2D eigenvalue weighted by Gasteiger charge is 2.47. The fraction of sp³-hybridized carbons (Fsp3) is 0.462. The van der Waals surface area contributed by atoms with Crippen molar-refractivity contribution in [3.63, 3.8) is 0 Å². The quantitative estimate of drug-likeness (QED) is 0.878.